The van der Waals surface area contributed by atoms with Gasteiger partial charge >= 0.3 is 107 Å². The van der Waals surface area contributed by atoms with Crippen molar-refractivity contribution in [2.75, 3.05) is 0 Å². The first-order chi connectivity index (χ1) is 8.09. The Morgan fingerprint density at radius 2 is 1.82 bits per heavy atom. The van der Waals surface area contributed by atoms with Crippen molar-refractivity contribution in [1.29, 1.82) is 0 Å². The monoisotopic (exact) mass is 294 g/mol. The molecule has 0 aliphatic heterocycles. The van der Waals surface area contributed by atoms with E-state index in [4.69, 9.17) is 0 Å². The van der Waals surface area contributed by atoms with Gasteiger partial charge in [0, 0.05) is 0 Å². The van der Waals surface area contributed by atoms with Crippen molar-refractivity contribution in [3.63, 3.8) is 0 Å². The van der Waals surface area contributed by atoms with Crippen LogP contribution in [-0.4, -0.2) is 25.4 Å². The molecule has 0 saturated heterocycles. The summed E-state index contributed by atoms with van der Waals surface area (Å²) in [6.45, 7) is 3.22. The second kappa shape index (κ2) is 4.99. The number of rotatable bonds is 4. The Kier molecular flexibility index (Phi) is 3.60. The second-order valence-corrected chi connectivity index (χ2v) is 6.73. The van der Waals surface area contributed by atoms with E-state index in [2.05, 4.69) is 0 Å². The van der Waals surface area contributed by atoms with Crippen molar-refractivity contribution in [1.82, 2.24) is 0 Å². The first-order valence-corrected chi connectivity index (χ1v) is 7.28. The molecule has 3 heteroatoms. The van der Waals surface area contributed by atoms with E-state index >= 15 is 0 Å². The molecule has 1 aliphatic rings. The molecule has 17 heavy (non-hydrogen) atoms. The Morgan fingerprint density at radius 3 is 2.35 bits per heavy atom. The summed E-state index contributed by atoms with van der Waals surface area (Å²) in [6, 6.07) is 10.0. The third-order valence-electron chi connectivity index (χ3n) is 2.89. The van der Waals surface area contributed by atoms with Crippen LogP contribution < -0.4 is 0 Å². The standard InChI is InChI=1S/C14H14O2Se/c1-9(15)12-8-13(14(12)17-10(2)16)11-6-4-3-5-7-11/h3-7,12H,8H2,1-2H3. The molecule has 88 valence electrons. The Balaban J connectivity index is 2.34. The average molecular weight is 293 g/mol. The first kappa shape index (κ1) is 12.3. The van der Waals surface area contributed by atoms with Crippen LogP contribution in [0, 0.1) is 5.92 Å². The van der Waals surface area contributed by atoms with E-state index in [1.165, 1.54) is 5.57 Å². The third kappa shape index (κ3) is 2.56. The molecule has 0 heterocycles. The predicted molar refractivity (Wildman–Crippen MR) is 68.6 cm³/mol. The number of ketones is 1. The van der Waals surface area contributed by atoms with E-state index < -0.39 is 0 Å². The zero-order valence-corrected chi connectivity index (χ0v) is 11.6. The number of hydrogen-bond donors (Lipinski definition) is 0. The Bertz CT molecular complexity index is 488. The van der Waals surface area contributed by atoms with Gasteiger partial charge in [0.2, 0.25) is 0 Å². The molecular weight excluding hydrogens is 279 g/mol. The fraction of sp³-hybridized carbons (Fsp3) is 0.286. The molecule has 0 bridgehead atoms. The van der Waals surface area contributed by atoms with Crippen molar-refractivity contribution in [2.45, 2.75) is 20.3 Å². The van der Waals surface area contributed by atoms with Gasteiger partial charge in [-0.15, -0.1) is 0 Å². The molecular formula is C14H14O2Se. The minimum absolute atomic E-state index is 0.00546. The van der Waals surface area contributed by atoms with Crippen LogP contribution in [0.15, 0.2) is 34.8 Å². The summed E-state index contributed by atoms with van der Waals surface area (Å²) in [4.78, 5) is 22.7. The molecule has 1 atom stereocenters. The van der Waals surface area contributed by atoms with Crippen LogP contribution in [-0.2, 0) is 9.59 Å². The normalized spacial score (nSPS) is 18.8. The number of carbonyl (C=O) groups is 2. The number of benzene rings is 1. The van der Waals surface area contributed by atoms with E-state index in [1.54, 1.807) is 13.8 Å². The van der Waals surface area contributed by atoms with Gasteiger partial charge in [0.25, 0.3) is 0 Å². The van der Waals surface area contributed by atoms with Gasteiger partial charge in [0.15, 0.2) is 0 Å². The van der Waals surface area contributed by atoms with Gasteiger partial charge in [0.05, 0.1) is 0 Å². The quantitative estimate of drug-likeness (QED) is 0.798. The average Bonchev–Trinajstić information content (AvgIpc) is 2.25. The third-order valence-corrected chi connectivity index (χ3v) is 5.07. The van der Waals surface area contributed by atoms with Crippen molar-refractivity contribution in [3.05, 3.63) is 40.4 Å². The van der Waals surface area contributed by atoms with Crippen LogP contribution in [0.1, 0.15) is 25.8 Å². The van der Waals surface area contributed by atoms with E-state index in [-0.39, 0.29) is 31.3 Å². The van der Waals surface area contributed by atoms with Crippen LogP contribution in [0.3, 0.4) is 0 Å². The molecule has 0 spiro atoms. The maximum absolute atomic E-state index is 11.5. The van der Waals surface area contributed by atoms with E-state index in [9.17, 15) is 9.59 Å². The molecule has 0 saturated carbocycles. The van der Waals surface area contributed by atoms with Gasteiger partial charge in [-0.2, -0.15) is 0 Å². The van der Waals surface area contributed by atoms with Gasteiger partial charge in [-0.3, -0.25) is 0 Å². The van der Waals surface area contributed by atoms with Crippen LogP contribution >= 0.6 is 0 Å². The van der Waals surface area contributed by atoms with E-state index in [0.29, 0.717) is 0 Å². The SMILES string of the molecule is CC(=O)[Se]C1=C(c2ccccc2)CC1C(C)=O. The molecule has 1 aliphatic carbocycles. The summed E-state index contributed by atoms with van der Waals surface area (Å²) >= 11 is -0.181. The first-order valence-electron chi connectivity index (χ1n) is 5.57. The topological polar surface area (TPSA) is 34.1 Å². The minimum atomic E-state index is -0.181. The van der Waals surface area contributed by atoms with Crippen LogP contribution in [0.5, 0.6) is 0 Å². The zero-order chi connectivity index (χ0) is 12.4. The molecule has 1 aromatic carbocycles. The van der Waals surface area contributed by atoms with Crippen LogP contribution in [0.2, 0.25) is 0 Å². The molecule has 1 aromatic rings. The number of hydrogen-bond acceptors (Lipinski definition) is 2. The number of carbonyl (C=O) groups excluding carboxylic acids is 2. The molecule has 1 unspecified atom stereocenters. The van der Waals surface area contributed by atoms with Gasteiger partial charge in [-0.25, -0.2) is 0 Å². The molecule has 0 fully saturated rings. The van der Waals surface area contributed by atoms with Gasteiger partial charge in [-0.05, 0) is 0 Å². The Hall–Kier alpha value is -1.18. The second-order valence-electron chi connectivity index (χ2n) is 4.17. The van der Waals surface area contributed by atoms with Crippen molar-refractivity contribution < 1.29 is 9.59 Å². The predicted octanol–water partition coefficient (Wildman–Crippen LogP) is 2.26. The summed E-state index contributed by atoms with van der Waals surface area (Å²) in [5, 5.41) is 0. The van der Waals surface area contributed by atoms with Crippen molar-refractivity contribution in [3.8, 4) is 0 Å². The molecule has 0 amide bonds. The summed E-state index contributed by atoms with van der Waals surface area (Å²) in [5.74, 6) is 0.178. The van der Waals surface area contributed by atoms with E-state index in [1.807, 2.05) is 30.3 Å². The molecule has 0 radical (unpaired) electrons. The molecule has 2 nitrogen and oxygen atoms in total. The van der Waals surface area contributed by atoms with Gasteiger partial charge in [0.1, 0.15) is 0 Å². The zero-order valence-electron chi connectivity index (χ0n) is 9.90. The Labute approximate surface area is 107 Å². The van der Waals surface area contributed by atoms with E-state index in [0.717, 1.165) is 16.5 Å². The van der Waals surface area contributed by atoms with Crippen molar-refractivity contribution >= 4 is 31.0 Å². The van der Waals surface area contributed by atoms with Gasteiger partial charge in [-0.1, -0.05) is 0 Å². The molecule has 0 aromatic heterocycles. The molecule has 2 rings (SSSR count). The summed E-state index contributed by atoms with van der Waals surface area (Å²) in [7, 11) is 0. The Morgan fingerprint density at radius 1 is 1.18 bits per heavy atom. The summed E-state index contributed by atoms with van der Waals surface area (Å²) in [6.07, 6.45) is 0.795. The van der Waals surface area contributed by atoms with Crippen LogP contribution in [0.4, 0.5) is 0 Å². The van der Waals surface area contributed by atoms with Gasteiger partial charge < -0.3 is 0 Å². The summed E-state index contributed by atoms with van der Waals surface area (Å²) < 4.78 is 1.27. The van der Waals surface area contributed by atoms with Crippen LogP contribution in [0.25, 0.3) is 5.57 Å². The number of Topliss-reactive ketones (excluding diaryl/α,β-unsaturated/α-hetero) is 1. The fourth-order valence-corrected chi connectivity index (χ4v) is 4.14. The maximum atomic E-state index is 11.5. The summed E-state index contributed by atoms with van der Waals surface area (Å²) in [5.41, 5.74) is 2.36. The number of allylic oxidation sites excluding steroid dienone is 2. The van der Waals surface area contributed by atoms with Crippen molar-refractivity contribution in [2.24, 2.45) is 5.92 Å². The molecule has 0 N–H and O–H groups in total. The fourth-order valence-electron chi connectivity index (χ4n) is 1.99.